The van der Waals surface area contributed by atoms with Crippen LogP contribution >= 0.6 is 0 Å². The van der Waals surface area contributed by atoms with Crippen LogP contribution < -0.4 is 4.72 Å². The maximum atomic E-state index is 12.0. The summed E-state index contributed by atoms with van der Waals surface area (Å²) in [6, 6.07) is 3.93. The Labute approximate surface area is 108 Å². The fourth-order valence-electron chi connectivity index (χ4n) is 1.69. The van der Waals surface area contributed by atoms with Crippen LogP contribution in [0.1, 0.15) is 6.42 Å². The van der Waals surface area contributed by atoms with Crippen molar-refractivity contribution in [3.8, 4) is 0 Å². The third-order valence-corrected chi connectivity index (χ3v) is 4.10. The number of carbonyl (C=O) groups excluding carboxylic acids is 1. The molecule has 0 radical (unpaired) electrons. The summed E-state index contributed by atoms with van der Waals surface area (Å²) < 4.78 is 30.8. The quantitative estimate of drug-likeness (QED) is 0.480. The van der Waals surface area contributed by atoms with E-state index in [0.717, 1.165) is 12.1 Å². The van der Waals surface area contributed by atoms with Gasteiger partial charge in [-0.25, -0.2) is 8.42 Å². The molecule has 0 aromatic heterocycles. The molecule has 1 aliphatic rings. The number of benzene rings is 1. The van der Waals surface area contributed by atoms with E-state index in [1.54, 1.807) is 0 Å². The number of nitrogens with zero attached hydrogens (tertiary/aromatic N) is 1. The summed E-state index contributed by atoms with van der Waals surface area (Å²) in [5.41, 5.74) is -0.540. The molecule has 1 atom stereocenters. The molecule has 19 heavy (non-hydrogen) atoms. The van der Waals surface area contributed by atoms with Crippen molar-refractivity contribution in [1.82, 2.24) is 4.72 Å². The number of rotatable bonds is 4. The van der Waals surface area contributed by atoms with Gasteiger partial charge in [0.05, 0.1) is 11.5 Å². The minimum atomic E-state index is -4.14. The van der Waals surface area contributed by atoms with Gasteiger partial charge in [-0.1, -0.05) is 12.1 Å². The molecule has 0 spiro atoms. The van der Waals surface area contributed by atoms with Crippen molar-refractivity contribution in [1.29, 1.82) is 0 Å². The van der Waals surface area contributed by atoms with E-state index >= 15 is 0 Å². The van der Waals surface area contributed by atoms with Crippen LogP contribution in [-0.4, -0.2) is 32.0 Å². The molecular weight excluding hydrogens is 276 g/mol. The molecule has 1 aromatic carbocycles. The van der Waals surface area contributed by atoms with Gasteiger partial charge in [0.25, 0.3) is 5.69 Å². The van der Waals surface area contributed by atoms with E-state index in [0.29, 0.717) is 0 Å². The van der Waals surface area contributed by atoms with Gasteiger partial charge < -0.3 is 4.74 Å². The Bertz CT molecular complexity index is 627. The van der Waals surface area contributed by atoms with Gasteiger partial charge in [0.2, 0.25) is 10.0 Å². The van der Waals surface area contributed by atoms with Crippen LogP contribution in [0.5, 0.6) is 0 Å². The number of nitro groups is 1. The molecule has 1 fully saturated rings. The lowest BCUT2D eigenvalue weighted by Crippen LogP contribution is -2.38. The molecule has 9 heteroatoms. The minimum absolute atomic E-state index is 0.128. The van der Waals surface area contributed by atoms with Crippen molar-refractivity contribution in [3.63, 3.8) is 0 Å². The number of cyclic esters (lactones) is 1. The first-order valence-corrected chi connectivity index (χ1v) is 6.82. The van der Waals surface area contributed by atoms with Gasteiger partial charge >= 0.3 is 5.97 Å². The zero-order valence-corrected chi connectivity index (χ0v) is 10.4. The molecular formula is C10H10N2O6S. The molecule has 1 N–H and O–H groups in total. The highest BCUT2D eigenvalue weighted by atomic mass is 32.2. The van der Waals surface area contributed by atoms with Crippen molar-refractivity contribution in [2.45, 2.75) is 17.4 Å². The van der Waals surface area contributed by atoms with Crippen LogP contribution in [-0.2, 0) is 19.6 Å². The van der Waals surface area contributed by atoms with E-state index in [9.17, 15) is 23.3 Å². The Balaban J connectivity index is 2.34. The number of nitrogens with one attached hydrogen (secondary N) is 1. The first kappa shape index (κ1) is 13.4. The highest BCUT2D eigenvalue weighted by Crippen LogP contribution is 2.23. The van der Waals surface area contributed by atoms with E-state index in [1.807, 2.05) is 0 Å². The number of ether oxygens (including phenoxy) is 1. The van der Waals surface area contributed by atoms with Crippen molar-refractivity contribution in [2.75, 3.05) is 6.61 Å². The molecule has 0 bridgehead atoms. The lowest BCUT2D eigenvalue weighted by molar-refractivity contribution is -0.387. The third-order valence-electron chi connectivity index (χ3n) is 2.58. The first-order chi connectivity index (χ1) is 8.92. The molecule has 8 nitrogen and oxygen atoms in total. The summed E-state index contributed by atoms with van der Waals surface area (Å²) in [6.45, 7) is 0.128. The van der Waals surface area contributed by atoms with Crippen LogP contribution in [0.4, 0.5) is 5.69 Å². The average Bonchev–Trinajstić information content (AvgIpc) is 2.74. The highest BCUT2D eigenvalue weighted by Gasteiger charge is 2.34. The average molecular weight is 286 g/mol. The van der Waals surface area contributed by atoms with Gasteiger partial charge in [-0.2, -0.15) is 4.72 Å². The molecule has 1 aliphatic heterocycles. The second-order valence-corrected chi connectivity index (χ2v) is 5.54. The number of para-hydroxylation sites is 1. The zero-order valence-electron chi connectivity index (χ0n) is 9.61. The summed E-state index contributed by atoms with van der Waals surface area (Å²) in [4.78, 5) is 20.7. The van der Waals surface area contributed by atoms with Crippen LogP contribution in [0.3, 0.4) is 0 Å². The Morgan fingerprint density at radius 3 is 2.63 bits per heavy atom. The Hall–Kier alpha value is -2.00. The number of hydrogen-bond donors (Lipinski definition) is 1. The SMILES string of the molecule is O=C1OCC[C@H]1NS(=O)(=O)c1ccccc1[N+](=O)[O-]. The van der Waals surface area contributed by atoms with Crippen LogP contribution in [0, 0.1) is 10.1 Å². The van der Waals surface area contributed by atoms with Gasteiger partial charge in [0.15, 0.2) is 4.90 Å². The molecule has 1 aromatic rings. The highest BCUT2D eigenvalue weighted by molar-refractivity contribution is 7.89. The Morgan fingerprint density at radius 1 is 1.37 bits per heavy atom. The standard InChI is InChI=1S/C10H10N2O6S/c13-10-7(5-6-18-10)11-19(16,17)9-4-2-1-3-8(9)12(14)15/h1-4,7,11H,5-6H2/t7-/m1/s1. The van der Waals surface area contributed by atoms with Crippen LogP contribution in [0.2, 0.25) is 0 Å². The van der Waals surface area contributed by atoms with E-state index < -0.39 is 37.5 Å². The maximum absolute atomic E-state index is 12.0. The Morgan fingerprint density at radius 2 is 2.05 bits per heavy atom. The van der Waals surface area contributed by atoms with Crippen molar-refractivity contribution >= 4 is 21.7 Å². The van der Waals surface area contributed by atoms with Gasteiger partial charge in [0, 0.05) is 12.5 Å². The summed E-state index contributed by atoms with van der Waals surface area (Å²) >= 11 is 0. The fourth-order valence-corrected chi connectivity index (χ4v) is 3.08. The van der Waals surface area contributed by atoms with E-state index in [2.05, 4.69) is 9.46 Å². The third kappa shape index (κ3) is 2.71. The number of nitro benzene ring substituents is 1. The molecule has 1 saturated heterocycles. The van der Waals surface area contributed by atoms with Gasteiger partial charge in [-0.05, 0) is 6.07 Å². The molecule has 1 heterocycles. The fraction of sp³-hybridized carbons (Fsp3) is 0.300. The Kier molecular flexibility index (Phi) is 3.49. The minimum Gasteiger partial charge on any atom is -0.464 e. The summed E-state index contributed by atoms with van der Waals surface area (Å²) in [5, 5.41) is 10.8. The van der Waals surface area contributed by atoms with Gasteiger partial charge in [-0.15, -0.1) is 0 Å². The van der Waals surface area contributed by atoms with Crippen molar-refractivity contribution in [2.24, 2.45) is 0 Å². The van der Waals surface area contributed by atoms with Crippen LogP contribution in [0.15, 0.2) is 29.2 Å². The molecule has 0 saturated carbocycles. The van der Waals surface area contributed by atoms with E-state index in [4.69, 9.17) is 0 Å². The normalized spacial score (nSPS) is 19.2. The predicted molar refractivity (Wildman–Crippen MR) is 62.8 cm³/mol. The lowest BCUT2D eigenvalue weighted by Gasteiger charge is -2.09. The van der Waals surface area contributed by atoms with Gasteiger partial charge in [-0.3, -0.25) is 14.9 Å². The second-order valence-electron chi connectivity index (χ2n) is 3.85. The second kappa shape index (κ2) is 4.94. The molecule has 0 aliphatic carbocycles. The predicted octanol–water partition coefficient (Wildman–Crippen LogP) is 0.189. The first-order valence-electron chi connectivity index (χ1n) is 5.34. The number of carbonyl (C=O) groups is 1. The van der Waals surface area contributed by atoms with E-state index in [-0.39, 0.29) is 13.0 Å². The topological polar surface area (TPSA) is 116 Å². The molecule has 102 valence electrons. The molecule has 0 amide bonds. The number of hydrogen-bond acceptors (Lipinski definition) is 6. The monoisotopic (exact) mass is 286 g/mol. The smallest absolute Gasteiger partial charge is 0.324 e. The van der Waals surface area contributed by atoms with Crippen LogP contribution in [0.25, 0.3) is 0 Å². The van der Waals surface area contributed by atoms with Gasteiger partial charge in [0.1, 0.15) is 6.04 Å². The number of esters is 1. The summed E-state index contributed by atoms with van der Waals surface area (Å²) in [6.07, 6.45) is 0.207. The molecule has 0 unspecified atom stereocenters. The summed E-state index contributed by atoms with van der Waals surface area (Å²) in [7, 11) is -4.14. The lowest BCUT2D eigenvalue weighted by atomic mass is 10.3. The number of sulfonamides is 1. The zero-order chi connectivity index (χ0) is 14.0. The van der Waals surface area contributed by atoms with Crippen molar-refractivity contribution in [3.05, 3.63) is 34.4 Å². The summed E-state index contributed by atoms with van der Waals surface area (Å²) in [5.74, 6) is -0.679. The molecule has 2 rings (SSSR count). The largest absolute Gasteiger partial charge is 0.464 e. The van der Waals surface area contributed by atoms with Crippen molar-refractivity contribution < 1.29 is 22.9 Å². The maximum Gasteiger partial charge on any atom is 0.324 e. The van der Waals surface area contributed by atoms with E-state index in [1.165, 1.54) is 12.1 Å².